The van der Waals surface area contributed by atoms with Crippen LogP contribution in [0.4, 0.5) is 5.69 Å². The molecule has 0 saturated heterocycles. The quantitative estimate of drug-likeness (QED) is 0.772. The molecule has 0 aliphatic carbocycles. The summed E-state index contributed by atoms with van der Waals surface area (Å²) >= 11 is 0. The summed E-state index contributed by atoms with van der Waals surface area (Å²) in [6, 6.07) is 6.13. The zero-order valence-electron chi connectivity index (χ0n) is 12.6. The minimum Gasteiger partial charge on any atom is -0.480 e. The lowest BCUT2D eigenvalue weighted by Crippen LogP contribution is -2.47. The first-order chi connectivity index (χ1) is 10.4. The van der Waals surface area contributed by atoms with Gasteiger partial charge in [0.1, 0.15) is 6.04 Å². The van der Waals surface area contributed by atoms with E-state index in [1.165, 1.54) is 0 Å². The minimum atomic E-state index is -1.06. The predicted octanol–water partition coefficient (Wildman–Crippen LogP) is 1.73. The summed E-state index contributed by atoms with van der Waals surface area (Å²) in [6.45, 7) is 3.65. The lowest BCUT2D eigenvalue weighted by molar-refractivity contribution is -0.143. The number of fused-ring (bicyclic) bond motifs is 1. The summed E-state index contributed by atoms with van der Waals surface area (Å²) in [7, 11) is 0. The van der Waals surface area contributed by atoms with Crippen molar-refractivity contribution >= 4 is 23.5 Å². The van der Waals surface area contributed by atoms with Crippen LogP contribution in [0.3, 0.4) is 0 Å². The second-order valence-corrected chi connectivity index (χ2v) is 5.60. The van der Waals surface area contributed by atoms with Crippen molar-refractivity contribution in [1.29, 1.82) is 0 Å². The maximum Gasteiger partial charge on any atom is 0.326 e. The largest absolute Gasteiger partial charge is 0.480 e. The molecular weight excluding hydrogens is 284 g/mol. The minimum absolute atomic E-state index is 0.0235. The number of carboxylic acids is 1. The summed E-state index contributed by atoms with van der Waals surface area (Å²) < 4.78 is 0. The Labute approximate surface area is 128 Å². The fraction of sp³-hybridized carbons (Fsp3) is 0.438. The molecule has 118 valence electrons. The van der Waals surface area contributed by atoms with Crippen LogP contribution in [0.15, 0.2) is 24.3 Å². The third-order valence-electron chi connectivity index (χ3n) is 4.09. The summed E-state index contributed by atoms with van der Waals surface area (Å²) in [6.07, 6.45) is 0.661. The third-order valence-corrected chi connectivity index (χ3v) is 4.09. The second-order valence-electron chi connectivity index (χ2n) is 5.60. The maximum atomic E-state index is 12.5. The first-order valence-corrected chi connectivity index (χ1v) is 7.36. The van der Waals surface area contributed by atoms with E-state index in [9.17, 15) is 19.5 Å². The van der Waals surface area contributed by atoms with Crippen LogP contribution in [0.25, 0.3) is 0 Å². The zero-order chi connectivity index (χ0) is 16.3. The highest BCUT2D eigenvalue weighted by Gasteiger charge is 2.34. The lowest BCUT2D eigenvalue weighted by atomic mass is 9.89. The molecule has 2 rings (SSSR count). The molecule has 1 heterocycles. The number of hydrogen-bond donors (Lipinski definition) is 3. The number of carboxylic acid groups (broad SMARTS) is 1. The molecule has 3 N–H and O–H groups in total. The van der Waals surface area contributed by atoms with Gasteiger partial charge in [-0.3, -0.25) is 9.59 Å². The van der Waals surface area contributed by atoms with E-state index in [4.69, 9.17) is 0 Å². The van der Waals surface area contributed by atoms with Gasteiger partial charge in [0.15, 0.2) is 0 Å². The third kappa shape index (κ3) is 3.27. The Bertz CT molecular complexity index is 600. The summed E-state index contributed by atoms with van der Waals surface area (Å²) in [5.41, 5.74) is 1.32. The molecule has 1 aliphatic rings. The Kier molecular flexibility index (Phi) is 4.80. The average molecular weight is 304 g/mol. The van der Waals surface area contributed by atoms with Crippen LogP contribution < -0.4 is 10.6 Å². The fourth-order valence-corrected chi connectivity index (χ4v) is 2.58. The van der Waals surface area contributed by atoms with Crippen molar-refractivity contribution in [3.8, 4) is 0 Å². The number of carbonyl (C=O) groups excluding carboxylic acids is 2. The highest BCUT2D eigenvalue weighted by atomic mass is 16.4. The molecule has 0 aromatic heterocycles. The van der Waals surface area contributed by atoms with Gasteiger partial charge in [0.25, 0.3) is 0 Å². The molecular formula is C16H20N2O4. The first kappa shape index (κ1) is 16.0. The van der Waals surface area contributed by atoms with Crippen molar-refractivity contribution < 1.29 is 19.5 Å². The summed E-state index contributed by atoms with van der Waals surface area (Å²) in [5, 5.41) is 14.6. The van der Waals surface area contributed by atoms with Gasteiger partial charge in [-0.25, -0.2) is 4.79 Å². The lowest BCUT2D eigenvalue weighted by Gasteiger charge is -2.27. The molecule has 1 aromatic carbocycles. The molecule has 0 radical (unpaired) electrons. The molecule has 0 bridgehead atoms. The average Bonchev–Trinajstić information content (AvgIpc) is 2.50. The number of para-hydroxylation sites is 1. The van der Waals surface area contributed by atoms with Gasteiger partial charge in [-0.2, -0.15) is 0 Å². The van der Waals surface area contributed by atoms with E-state index in [0.717, 1.165) is 0 Å². The van der Waals surface area contributed by atoms with E-state index >= 15 is 0 Å². The van der Waals surface area contributed by atoms with Crippen LogP contribution in [0, 0.1) is 5.92 Å². The van der Waals surface area contributed by atoms with Crippen LogP contribution in [0.5, 0.6) is 0 Å². The number of nitrogens with one attached hydrogen (secondary N) is 2. The van der Waals surface area contributed by atoms with E-state index in [2.05, 4.69) is 10.6 Å². The normalized spacial score (nSPS) is 19.5. The smallest absolute Gasteiger partial charge is 0.326 e. The van der Waals surface area contributed by atoms with Gasteiger partial charge in [0.2, 0.25) is 11.8 Å². The van der Waals surface area contributed by atoms with E-state index in [0.29, 0.717) is 17.7 Å². The van der Waals surface area contributed by atoms with Gasteiger partial charge in [-0.1, -0.05) is 38.5 Å². The van der Waals surface area contributed by atoms with Gasteiger partial charge in [0, 0.05) is 12.1 Å². The number of benzene rings is 1. The molecule has 1 aliphatic heterocycles. The van der Waals surface area contributed by atoms with Crippen molar-refractivity contribution in [2.45, 2.75) is 38.6 Å². The van der Waals surface area contributed by atoms with Gasteiger partial charge >= 0.3 is 5.97 Å². The monoisotopic (exact) mass is 304 g/mol. The molecule has 0 spiro atoms. The number of carbonyl (C=O) groups is 3. The van der Waals surface area contributed by atoms with E-state index < -0.39 is 23.8 Å². The van der Waals surface area contributed by atoms with Gasteiger partial charge in [-0.15, -0.1) is 0 Å². The van der Waals surface area contributed by atoms with Crippen molar-refractivity contribution in [3.63, 3.8) is 0 Å². The molecule has 0 saturated carbocycles. The predicted molar refractivity (Wildman–Crippen MR) is 81.5 cm³/mol. The van der Waals surface area contributed by atoms with Crippen molar-refractivity contribution in [2.75, 3.05) is 5.32 Å². The van der Waals surface area contributed by atoms with Crippen LogP contribution in [0.1, 0.15) is 38.2 Å². The molecule has 6 heteroatoms. The van der Waals surface area contributed by atoms with Crippen molar-refractivity contribution in [2.24, 2.45) is 5.92 Å². The van der Waals surface area contributed by atoms with Gasteiger partial charge in [0.05, 0.1) is 5.92 Å². The van der Waals surface area contributed by atoms with Crippen LogP contribution in [-0.2, 0) is 14.4 Å². The number of amides is 2. The zero-order valence-corrected chi connectivity index (χ0v) is 12.6. The molecule has 0 fully saturated rings. The van der Waals surface area contributed by atoms with Crippen LogP contribution in [0.2, 0.25) is 0 Å². The number of rotatable bonds is 5. The first-order valence-electron chi connectivity index (χ1n) is 7.36. The Morgan fingerprint density at radius 2 is 2.09 bits per heavy atom. The van der Waals surface area contributed by atoms with Gasteiger partial charge in [-0.05, 0) is 17.5 Å². The molecule has 1 aromatic rings. The summed E-state index contributed by atoms with van der Waals surface area (Å²) in [4.78, 5) is 35.6. The topological polar surface area (TPSA) is 95.5 Å². The molecule has 3 atom stereocenters. The molecule has 2 amide bonds. The number of anilines is 1. The van der Waals surface area contributed by atoms with E-state index in [1.54, 1.807) is 31.2 Å². The Hall–Kier alpha value is -2.37. The highest BCUT2D eigenvalue weighted by molar-refractivity contribution is 6.01. The molecule has 22 heavy (non-hydrogen) atoms. The Morgan fingerprint density at radius 1 is 1.41 bits per heavy atom. The van der Waals surface area contributed by atoms with E-state index in [-0.39, 0.29) is 18.2 Å². The SMILES string of the molecule is CCC(C)C(NC(=O)C1CC(=O)Nc2ccccc21)C(=O)O. The Balaban J connectivity index is 2.22. The summed E-state index contributed by atoms with van der Waals surface area (Å²) in [5.74, 6) is -2.56. The fourth-order valence-electron chi connectivity index (χ4n) is 2.58. The van der Waals surface area contributed by atoms with Crippen molar-refractivity contribution in [1.82, 2.24) is 5.32 Å². The van der Waals surface area contributed by atoms with Gasteiger partial charge < -0.3 is 15.7 Å². The van der Waals surface area contributed by atoms with Crippen LogP contribution in [-0.4, -0.2) is 28.9 Å². The second kappa shape index (κ2) is 6.60. The van der Waals surface area contributed by atoms with Crippen molar-refractivity contribution in [3.05, 3.63) is 29.8 Å². The van der Waals surface area contributed by atoms with Crippen LogP contribution >= 0.6 is 0 Å². The maximum absolute atomic E-state index is 12.5. The number of aliphatic carboxylic acids is 1. The molecule has 6 nitrogen and oxygen atoms in total. The number of hydrogen-bond acceptors (Lipinski definition) is 3. The van der Waals surface area contributed by atoms with E-state index in [1.807, 2.05) is 6.92 Å². The molecule has 3 unspecified atom stereocenters. The highest BCUT2D eigenvalue weighted by Crippen LogP contribution is 2.32. The standard InChI is InChI=1S/C16H20N2O4/c1-3-9(2)14(16(21)22)18-15(20)11-8-13(19)17-12-7-5-4-6-10(11)12/h4-7,9,11,14H,3,8H2,1-2H3,(H,17,19)(H,18,20)(H,21,22). The Morgan fingerprint density at radius 3 is 2.73 bits per heavy atom.